The third kappa shape index (κ3) is 2.17. The fourth-order valence-electron chi connectivity index (χ4n) is 1.84. The Morgan fingerprint density at radius 1 is 1.44 bits per heavy atom. The van der Waals surface area contributed by atoms with E-state index in [2.05, 4.69) is 28.9 Å². The van der Waals surface area contributed by atoms with E-state index in [1.807, 2.05) is 11.8 Å². The summed E-state index contributed by atoms with van der Waals surface area (Å²) in [5, 5.41) is 4.01. The normalized spacial score (nSPS) is 24.9. The number of rotatable bonds is 4. The Morgan fingerprint density at radius 3 is 2.75 bits per heavy atom. The van der Waals surface area contributed by atoms with Gasteiger partial charge in [-0.15, -0.1) is 0 Å². The Kier molecular flexibility index (Phi) is 3.70. The largest absolute Gasteiger partial charge is 0.339 e. The highest BCUT2D eigenvalue weighted by Gasteiger charge is 2.31. The van der Waals surface area contributed by atoms with Gasteiger partial charge in [-0.2, -0.15) is 16.7 Å². The zero-order valence-electron chi connectivity index (χ0n) is 9.72. The molecule has 2 heterocycles. The van der Waals surface area contributed by atoms with Crippen LogP contribution in [0.5, 0.6) is 0 Å². The van der Waals surface area contributed by atoms with Gasteiger partial charge in [0.2, 0.25) is 5.89 Å². The Balaban J connectivity index is 2.12. The first-order valence-electron chi connectivity index (χ1n) is 5.68. The van der Waals surface area contributed by atoms with Gasteiger partial charge in [-0.25, -0.2) is 0 Å². The summed E-state index contributed by atoms with van der Waals surface area (Å²) in [6.45, 7) is 5.94. The minimum atomic E-state index is 0.148. The molecule has 1 saturated heterocycles. The summed E-state index contributed by atoms with van der Waals surface area (Å²) < 4.78 is 5.31. The fourth-order valence-corrected chi connectivity index (χ4v) is 3.12. The summed E-state index contributed by atoms with van der Waals surface area (Å²) in [7, 11) is 0. The van der Waals surface area contributed by atoms with Crippen molar-refractivity contribution in [1.29, 1.82) is 0 Å². The molecule has 6 heteroatoms. The second-order valence-corrected chi connectivity index (χ2v) is 4.99. The molecular formula is C10H18N4OS. The Bertz CT molecular complexity index is 339. The van der Waals surface area contributed by atoms with Crippen LogP contribution in [0.4, 0.5) is 5.95 Å². The van der Waals surface area contributed by atoms with Crippen LogP contribution < -0.4 is 10.6 Å². The van der Waals surface area contributed by atoms with Crippen LogP contribution in [-0.2, 0) is 0 Å². The molecule has 1 aliphatic heterocycles. The highest BCUT2D eigenvalue weighted by Crippen LogP contribution is 2.31. The molecule has 0 aromatic carbocycles. The first-order valence-corrected chi connectivity index (χ1v) is 6.83. The lowest BCUT2D eigenvalue weighted by Gasteiger charge is -2.14. The quantitative estimate of drug-likeness (QED) is 0.852. The molecule has 90 valence electrons. The first kappa shape index (κ1) is 11.7. The average molecular weight is 242 g/mol. The highest BCUT2D eigenvalue weighted by molar-refractivity contribution is 7.99. The minimum absolute atomic E-state index is 0.148. The smallest absolute Gasteiger partial charge is 0.266 e. The highest BCUT2D eigenvalue weighted by atomic mass is 32.2. The molecule has 2 rings (SSSR count). The summed E-state index contributed by atoms with van der Waals surface area (Å²) in [6, 6.07) is 0.148. The Morgan fingerprint density at radius 2 is 2.19 bits per heavy atom. The summed E-state index contributed by atoms with van der Waals surface area (Å²) in [5.74, 6) is 3.57. The lowest BCUT2D eigenvalue weighted by Crippen LogP contribution is -2.27. The van der Waals surface area contributed by atoms with E-state index in [0.717, 1.165) is 24.6 Å². The van der Waals surface area contributed by atoms with Gasteiger partial charge in [0.25, 0.3) is 5.95 Å². The van der Waals surface area contributed by atoms with Crippen molar-refractivity contribution in [3.8, 4) is 0 Å². The predicted molar refractivity (Wildman–Crippen MR) is 65.9 cm³/mol. The minimum Gasteiger partial charge on any atom is -0.339 e. The van der Waals surface area contributed by atoms with Gasteiger partial charge in [-0.1, -0.05) is 0 Å². The van der Waals surface area contributed by atoms with Crippen LogP contribution in [-0.4, -0.2) is 40.8 Å². The topological polar surface area (TPSA) is 68.2 Å². The Hall–Kier alpha value is -0.750. The van der Waals surface area contributed by atoms with Crippen molar-refractivity contribution in [2.24, 2.45) is 5.73 Å². The van der Waals surface area contributed by atoms with Gasteiger partial charge in [0.05, 0.1) is 5.92 Å². The van der Waals surface area contributed by atoms with Crippen molar-refractivity contribution in [2.45, 2.75) is 25.8 Å². The Labute approximate surface area is 99.8 Å². The number of hydrogen-bond acceptors (Lipinski definition) is 6. The molecule has 1 aromatic rings. The maximum atomic E-state index is 6.00. The second kappa shape index (κ2) is 5.05. The van der Waals surface area contributed by atoms with Crippen LogP contribution >= 0.6 is 11.8 Å². The molecule has 1 fully saturated rings. The lowest BCUT2D eigenvalue weighted by molar-refractivity contribution is 0.352. The van der Waals surface area contributed by atoms with Crippen molar-refractivity contribution in [3.05, 3.63) is 5.89 Å². The lowest BCUT2D eigenvalue weighted by atomic mass is 10.1. The van der Waals surface area contributed by atoms with Crippen molar-refractivity contribution < 1.29 is 4.52 Å². The maximum Gasteiger partial charge on any atom is 0.266 e. The SMILES string of the molecule is CCN(CC)c1noc(C2CSCC2N)n1. The molecular weight excluding hydrogens is 224 g/mol. The van der Waals surface area contributed by atoms with Gasteiger partial charge in [0.15, 0.2) is 0 Å². The molecule has 0 amide bonds. The van der Waals surface area contributed by atoms with Crippen LogP contribution in [0.3, 0.4) is 0 Å². The summed E-state index contributed by atoms with van der Waals surface area (Å²) in [5.41, 5.74) is 6.00. The van der Waals surface area contributed by atoms with Crippen molar-refractivity contribution in [1.82, 2.24) is 10.1 Å². The van der Waals surface area contributed by atoms with E-state index in [4.69, 9.17) is 10.3 Å². The zero-order valence-corrected chi connectivity index (χ0v) is 10.5. The molecule has 2 atom stereocenters. The summed E-state index contributed by atoms with van der Waals surface area (Å²) in [6.07, 6.45) is 0. The van der Waals surface area contributed by atoms with E-state index in [1.165, 1.54) is 0 Å². The van der Waals surface area contributed by atoms with E-state index in [0.29, 0.717) is 11.8 Å². The molecule has 1 aromatic heterocycles. The standard InChI is InChI=1S/C10H18N4OS/c1-3-14(4-2)10-12-9(15-13-10)7-5-16-6-8(7)11/h7-8H,3-6,11H2,1-2H3. The number of anilines is 1. The van der Waals surface area contributed by atoms with E-state index in [-0.39, 0.29) is 12.0 Å². The monoisotopic (exact) mass is 242 g/mol. The van der Waals surface area contributed by atoms with Crippen LogP contribution in [0.15, 0.2) is 4.52 Å². The molecule has 5 nitrogen and oxygen atoms in total. The molecule has 2 N–H and O–H groups in total. The summed E-state index contributed by atoms with van der Waals surface area (Å²) >= 11 is 1.85. The molecule has 0 aliphatic carbocycles. The van der Waals surface area contributed by atoms with Gasteiger partial charge >= 0.3 is 0 Å². The maximum absolute atomic E-state index is 6.00. The zero-order chi connectivity index (χ0) is 11.5. The third-order valence-electron chi connectivity index (χ3n) is 2.92. The van der Waals surface area contributed by atoms with Gasteiger partial charge in [0.1, 0.15) is 0 Å². The molecule has 16 heavy (non-hydrogen) atoms. The van der Waals surface area contributed by atoms with E-state index in [1.54, 1.807) is 0 Å². The molecule has 0 radical (unpaired) electrons. The van der Waals surface area contributed by atoms with E-state index < -0.39 is 0 Å². The van der Waals surface area contributed by atoms with Crippen LogP contribution in [0.2, 0.25) is 0 Å². The van der Waals surface area contributed by atoms with Crippen LogP contribution in [0.25, 0.3) is 0 Å². The number of hydrogen-bond donors (Lipinski definition) is 1. The molecule has 2 unspecified atom stereocenters. The fraction of sp³-hybridized carbons (Fsp3) is 0.800. The van der Waals surface area contributed by atoms with Crippen molar-refractivity contribution in [3.63, 3.8) is 0 Å². The average Bonchev–Trinajstić information content (AvgIpc) is 2.89. The predicted octanol–water partition coefficient (Wildman–Crippen LogP) is 1.07. The molecule has 0 saturated carbocycles. The van der Waals surface area contributed by atoms with E-state index >= 15 is 0 Å². The van der Waals surface area contributed by atoms with Gasteiger partial charge in [-0.05, 0) is 19.0 Å². The molecule has 0 bridgehead atoms. The van der Waals surface area contributed by atoms with Gasteiger partial charge in [-0.3, -0.25) is 0 Å². The molecule has 1 aliphatic rings. The second-order valence-electron chi connectivity index (χ2n) is 3.91. The molecule has 0 spiro atoms. The van der Waals surface area contributed by atoms with Crippen LogP contribution in [0.1, 0.15) is 25.7 Å². The number of thioether (sulfide) groups is 1. The number of nitrogens with two attached hydrogens (primary N) is 1. The summed E-state index contributed by atoms with van der Waals surface area (Å²) in [4.78, 5) is 6.51. The van der Waals surface area contributed by atoms with Gasteiger partial charge < -0.3 is 15.2 Å². The van der Waals surface area contributed by atoms with Crippen molar-refractivity contribution >= 4 is 17.7 Å². The number of nitrogens with zero attached hydrogens (tertiary/aromatic N) is 3. The third-order valence-corrected chi connectivity index (χ3v) is 4.13. The number of aromatic nitrogens is 2. The van der Waals surface area contributed by atoms with Crippen molar-refractivity contribution in [2.75, 3.05) is 29.5 Å². The van der Waals surface area contributed by atoms with E-state index in [9.17, 15) is 0 Å². The van der Waals surface area contributed by atoms with Gasteiger partial charge in [0, 0.05) is 30.6 Å². The first-order chi connectivity index (χ1) is 7.76. The van der Waals surface area contributed by atoms with Crippen LogP contribution in [0, 0.1) is 0 Å².